The predicted molar refractivity (Wildman–Crippen MR) is 114 cm³/mol. The Morgan fingerprint density at radius 1 is 1.14 bits per heavy atom. The van der Waals surface area contributed by atoms with Crippen molar-refractivity contribution in [1.82, 2.24) is 9.55 Å². The summed E-state index contributed by atoms with van der Waals surface area (Å²) in [5.41, 5.74) is 1.92. The first kappa shape index (κ1) is 19.2. The van der Waals surface area contributed by atoms with Crippen LogP contribution in [0.3, 0.4) is 0 Å². The molecule has 0 radical (unpaired) electrons. The number of carbonyl (C=O) groups is 1. The van der Waals surface area contributed by atoms with Gasteiger partial charge in [0.05, 0.1) is 18.0 Å². The highest BCUT2D eigenvalue weighted by Crippen LogP contribution is 2.22. The SMILES string of the molecule is CCN(C(=O)c1ccc2c(=O)n3c(nc2c1)CCCCC3)c1ccc(OC)cc1. The Balaban J connectivity index is 1.72. The summed E-state index contributed by atoms with van der Waals surface area (Å²) in [4.78, 5) is 32.5. The first-order chi connectivity index (χ1) is 14.1. The fourth-order valence-electron chi connectivity index (χ4n) is 3.91. The van der Waals surface area contributed by atoms with E-state index in [9.17, 15) is 9.59 Å². The number of hydrogen-bond acceptors (Lipinski definition) is 4. The second-order valence-electron chi connectivity index (χ2n) is 7.27. The molecule has 0 saturated carbocycles. The zero-order valence-corrected chi connectivity index (χ0v) is 16.9. The van der Waals surface area contributed by atoms with Gasteiger partial charge in [-0.3, -0.25) is 14.2 Å². The van der Waals surface area contributed by atoms with Gasteiger partial charge >= 0.3 is 0 Å². The number of ether oxygens (including phenoxy) is 1. The second-order valence-corrected chi connectivity index (χ2v) is 7.27. The molecular formula is C23H25N3O3. The first-order valence-corrected chi connectivity index (χ1v) is 10.1. The van der Waals surface area contributed by atoms with Crippen molar-refractivity contribution < 1.29 is 9.53 Å². The van der Waals surface area contributed by atoms with Crippen molar-refractivity contribution in [3.63, 3.8) is 0 Å². The molecule has 3 aromatic rings. The largest absolute Gasteiger partial charge is 0.497 e. The van der Waals surface area contributed by atoms with Gasteiger partial charge in [0.1, 0.15) is 11.6 Å². The zero-order valence-electron chi connectivity index (χ0n) is 16.9. The van der Waals surface area contributed by atoms with Crippen LogP contribution in [0.25, 0.3) is 10.9 Å². The van der Waals surface area contributed by atoms with Gasteiger partial charge in [-0.2, -0.15) is 0 Å². The number of benzene rings is 2. The van der Waals surface area contributed by atoms with Gasteiger partial charge in [0.15, 0.2) is 0 Å². The topological polar surface area (TPSA) is 64.4 Å². The molecule has 0 aliphatic carbocycles. The van der Waals surface area contributed by atoms with Gasteiger partial charge in [0.2, 0.25) is 0 Å². The van der Waals surface area contributed by atoms with Crippen molar-refractivity contribution in [2.45, 2.75) is 39.2 Å². The van der Waals surface area contributed by atoms with Crippen LogP contribution in [0.1, 0.15) is 42.4 Å². The molecule has 0 fully saturated rings. The summed E-state index contributed by atoms with van der Waals surface area (Å²) in [6.45, 7) is 3.19. The van der Waals surface area contributed by atoms with Crippen molar-refractivity contribution in [3.05, 3.63) is 64.2 Å². The van der Waals surface area contributed by atoms with E-state index in [0.29, 0.717) is 23.0 Å². The number of fused-ring (bicyclic) bond motifs is 2. The van der Waals surface area contributed by atoms with Crippen LogP contribution in [0.5, 0.6) is 5.75 Å². The lowest BCUT2D eigenvalue weighted by molar-refractivity contribution is 0.0988. The van der Waals surface area contributed by atoms with Crippen molar-refractivity contribution in [1.29, 1.82) is 0 Å². The van der Waals surface area contributed by atoms with E-state index in [1.807, 2.05) is 31.2 Å². The van der Waals surface area contributed by atoms with Gasteiger partial charge < -0.3 is 9.64 Å². The Labute approximate surface area is 169 Å². The van der Waals surface area contributed by atoms with Gasteiger partial charge in [-0.1, -0.05) is 6.42 Å². The van der Waals surface area contributed by atoms with E-state index in [0.717, 1.165) is 49.5 Å². The lowest BCUT2D eigenvalue weighted by Crippen LogP contribution is -2.31. The highest BCUT2D eigenvalue weighted by atomic mass is 16.5. The molecule has 2 aromatic carbocycles. The van der Waals surface area contributed by atoms with Crippen LogP contribution in [-0.4, -0.2) is 29.1 Å². The number of aromatic nitrogens is 2. The maximum Gasteiger partial charge on any atom is 0.261 e. The molecule has 0 saturated heterocycles. The Bertz CT molecular complexity index is 1100. The van der Waals surface area contributed by atoms with E-state index in [-0.39, 0.29) is 11.5 Å². The molecule has 0 atom stereocenters. The zero-order chi connectivity index (χ0) is 20.4. The van der Waals surface area contributed by atoms with Crippen molar-refractivity contribution in [3.8, 4) is 5.75 Å². The van der Waals surface area contributed by atoms with E-state index in [2.05, 4.69) is 0 Å². The molecule has 0 N–H and O–H groups in total. The maximum absolute atomic E-state index is 13.2. The third kappa shape index (κ3) is 3.62. The molecule has 1 aromatic heterocycles. The van der Waals surface area contributed by atoms with Crippen LogP contribution in [0.15, 0.2) is 47.3 Å². The van der Waals surface area contributed by atoms with Gasteiger partial charge in [-0.05, 0) is 62.2 Å². The predicted octanol–water partition coefficient (Wildman–Crippen LogP) is 3.80. The van der Waals surface area contributed by atoms with Gasteiger partial charge in [-0.15, -0.1) is 0 Å². The minimum absolute atomic E-state index is 0.00611. The molecule has 2 heterocycles. The fraction of sp³-hybridized carbons (Fsp3) is 0.348. The molecule has 150 valence electrons. The highest BCUT2D eigenvalue weighted by Gasteiger charge is 2.19. The number of nitrogens with zero attached hydrogens (tertiary/aromatic N) is 3. The molecule has 1 aliphatic rings. The first-order valence-electron chi connectivity index (χ1n) is 10.1. The van der Waals surface area contributed by atoms with Crippen LogP contribution in [0, 0.1) is 0 Å². The van der Waals surface area contributed by atoms with E-state index in [4.69, 9.17) is 9.72 Å². The summed E-state index contributed by atoms with van der Waals surface area (Å²) in [7, 11) is 1.61. The average Bonchev–Trinajstić information content (AvgIpc) is 3.00. The van der Waals surface area contributed by atoms with E-state index < -0.39 is 0 Å². The molecule has 6 heteroatoms. The summed E-state index contributed by atoms with van der Waals surface area (Å²) in [5.74, 6) is 1.46. The lowest BCUT2D eigenvalue weighted by atomic mass is 10.1. The summed E-state index contributed by atoms with van der Waals surface area (Å²) >= 11 is 0. The highest BCUT2D eigenvalue weighted by molar-refractivity contribution is 6.07. The Hall–Kier alpha value is -3.15. The summed E-state index contributed by atoms with van der Waals surface area (Å²) in [6, 6.07) is 12.6. The van der Waals surface area contributed by atoms with Crippen molar-refractivity contribution in [2.75, 3.05) is 18.6 Å². The smallest absolute Gasteiger partial charge is 0.261 e. The van der Waals surface area contributed by atoms with Crippen LogP contribution < -0.4 is 15.2 Å². The Morgan fingerprint density at radius 2 is 1.93 bits per heavy atom. The van der Waals surface area contributed by atoms with Crippen LogP contribution in [0.4, 0.5) is 5.69 Å². The Kier molecular flexibility index (Phi) is 5.34. The lowest BCUT2D eigenvalue weighted by Gasteiger charge is -2.21. The molecule has 0 unspecified atom stereocenters. The third-order valence-electron chi connectivity index (χ3n) is 5.51. The molecule has 1 amide bonds. The molecule has 0 bridgehead atoms. The second kappa shape index (κ2) is 8.07. The minimum atomic E-state index is -0.114. The van der Waals surface area contributed by atoms with Gasteiger partial charge in [0.25, 0.3) is 11.5 Å². The van der Waals surface area contributed by atoms with Gasteiger partial charge in [-0.25, -0.2) is 4.98 Å². The van der Waals surface area contributed by atoms with E-state index >= 15 is 0 Å². The summed E-state index contributed by atoms with van der Waals surface area (Å²) in [6.07, 6.45) is 3.95. The minimum Gasteiger partial charge on any atom is -0.497 e. The molecule has 4 rings (SSSR count). The maximum atomic E-state index is 13.2. The number of carbonyl (C=O) groups excluding carboxylic acids is 1. The van der Waals surface area contributed by atoms with Crippen LogP contribution >= 0.6 is 0 Å². The van der Waals surface area contributed by atoms with Crippen LogP contribution in [-0.2, 0) is 13.0 Å². The standard InChI is InChI=1S/C23H25N3O3/c1-3-25(17-9-11-18(29-2)12-10-17)22(27)16-8-13-19-20(15-16)24-21-7-5-4-6-14-26(21)23(19)28/h8-13,15H,3-7,14H2,1-2H3. The number of rotatable bonds is 4. The third-order valence-corrected chi connectivity index (χ3v) is 5.51. The summed E-state index contributed by atoms with van der Waals surface area (Å²) in [5, 5.41) is 0.569. The van der Waals surface area contributed by atoms with E-state index in [1.165, 1.54) is 0 Å². The molecule has 6 nitrogen and oxygen atoms in total. The number of anilines is 1. The number of methoxy groups -OCH3 is 1. The normalized spacial score (nSPS) is 13.6. The Morgan fingerprint density at radius 3 is 2.66 bits per heavy atom. The van der Waals surface area contributed by atoms with Gasteiger partial charge in [0, 0.05) is 30.8 Å². The molecular weight excluding hydrogens is 366 g/mol. The average molecular weight is 391 g/mol. The fourth-order valence-corrected chi connectivity index (χ4v) is 3.91. The monoisotopic (exact) mass is 391 g/mol. The number of hydrogen-bond donors (Lipinski definition) is 0. The van der Waals surface area contributed by atoms with Crippen molar-refractivity contribution in [2.24, 2.45) is 0 Å². The molecule has 0 spiro atoms. The quantitative estimate of drug-likeness (QED) is 0.679. The molecule has 29 heavy (non-hydrogen) atoms. The number of amides is 1. The van der Waals surface area contributed by atoms with Crippen LogP contribution in [0.2, 0.25) is 0 Å². The summed E-state index contributed by atoms with van der Waals surface area (Å²) < 4.78 is 7.00. The van der Waals surface area contributed by atoms with E-state index in [1.54, 1.807) is 34.8 Å². The van der Waals surface area contributed by atoms with Crippen molar-refractivity contribution >= 4 is 22.5 Å². The number of aryl methyl sites for hydroxylation is 1. The molecule has 1 aliphatic heterocycles.